The Morgan fingerprint density at radius 3 is 2.08 bits per heavy atom. The summed E-state index contributed by atoms with van der Waals surface area (Å²) in [6.45, 7) is 8.29. The predicted molar refractivity (Wildman–Crippen MR) is 163 cm³/mol. The lowest BCUT2D eigenvalue weighted by molar-refractivity contribution is 0.140. The summed E-state index contributed by atoms with van der Waals surface area (Å²) in [7, 11) is -0.668. The van der Waals surface area contributed by atoms with Crippen molar-refractivity contribution >= 4 is 30.4 Å². The molecule has 1 unspecified atom stereocenters. The number of amides is 2. The molecule has 3 aromatic rings. The number of carbonyl (C=O) groups is 1. The van der Waals surface area contributed by atoms with E-state index in [1.54, 1.807) is 0 Å². The number of carbonyl (C=O) groups excluding carboxylic acids is 1. The predicted octanol–water partition coefficient (Wildman–Crippen LogP) is 5.22. The summed E-state index contributed by atoms with van der Waals surface area (Å²) in [6.07, 6.45) is 4.76. The van der Waals surface area contributed by atoms with Crippen molar-refractivity contribution in [3.63, 3.8) is 0 Å². The molecular formula is C33H43N3O2Si. The van der Waals surface area contributed by atoms with Crippen LogP contribution < -0.4 is 16.1 Å². The molecule has 39 heavy (non-hydrogen) atoms. The number of rotatable bonds is 5. The standard InChI is InChI=1S/C33H43N3O2Si/c1-33(2,3)39(30-11-7-5-8-12-30,31-13-9-6-10-14-31)38-29-21-22-36(24-29)32(37)35(4)28-19-16-25-15-18-27(34)23-26(25)17-20-28/h5-15,18,23,28-29H,16-17,19-22,24,34H2,1-4H3/t28?,29-/m1/s1. The third-order valence-electron chi connectivity index (χ3n) is 8.75. The van der Waals surface area contributed by atoms with Gasteiger partial charge in [0.2, 0.25) is 0 Å². The van der Waals surface area contributed by atoms with E-state index in [9.17, 15) is 4.79 Å². The van der Waals surface area contributed by atoms with E-state index in [1.165, 1.54) is 21.5 Å². The number of anilines is 1. The van der Waals surface area contributed by atoms with Crippen LogP contribution in [0.4, 0.5) is 10.5 Å². The van der Waals surface area contributed by atoms with E-state index in [2.05, 4.69) is 93.6 Å². The Hall–Kier alpha value is -3.09. The first kappa shape index (κ1) is 27.5. The van der Waals surface area contributed by atoms with Crippen LogP contribution in [0.3, 0.4) is 0 Å². The van der Waals surface area contributed by atoms with Gasteiger partial charge in [-0.15, -0.1) is 0 Å². The molecule has 6 heteroatoms. The number of nitrogens with zero attached hydrogens (tertiary/aromatic N) is 2. The average molecular weight is 542 g/mol. The van der Waals surface area contributed by atoms with Crippen molar-refractivity contribution in [2.75, 3.05) is 25.9 Å². The average Bonchev–Trinajstić information content (AvgIpc) is 3.30. The number of hydrogen-bond donors (Lipinski definition) is 1. The summed E-state index contributed by atoms with van der Waals surface area (Å²) < 4.78 is 7.33. The Morgan fingerprint density at radius 1 is 0.897 bits per heavy atom. The molecule has 0 radical (unpaired) electrons. The topological polar surface area (TPSA) is 58.8 Å². The van der Waals surface area contributed by atoms with Gasteiger partial charge in [0.1, 0.15) is 0 Å². The van der Waals surface area contributed by atoms with Crippen LogP contribution in [0, 0.1) is 0 Å². The summed E-state index contributed by atoms with van der Waals surface area (Å²) >= 11 is 0. The van der Waals surface area contributed by atoms with E-state index in [0.29, 0.717) is 6.54 Å². The van der Waals surface area contributed by atoms with Crippen molar-refractivity contribution in [3.8, 4) is 0 Å². The normalized spacial score (nSPS) is 19.8. The molecule has 5 nitrogen and oxygen atoms in total. The molecule has 206 valence electrons. The van der Waals surface area contributed by atoms with Crippen LogP contribution in [-0.2, 0) is 17.3 Å². The van der Waals surface area contributed by atoms with Gasteiger partial charge < -0.3 is 20.0 Å². The van der Waals surface area contributed by atoms with Crippen molar-refractivity contribution in [2.24, 2.45) is 0 Å². The van der Waals surface area contributed by atoms with Crippen LogP contribution in [0.1, 0.15) is 51.2 Å². The highest BCUT2D eigenvalue weighted by molar-refractivity contribution is 6.99. The summed E-state index contributed by atoms with van der Waals surface area (Å²) in [5.41, 5.74) is 9.56. The van der Waals surface area contributed by atoms with E-state index in [1.807, 2.05) is 22.9 Å². The highest BCUT2D eigenvalue weighted by Gasteiger charge is 2.52. The molecule has 2 N–H and O–H groups in total. The van der Waals surface area contributed by atoms with Crippen LogP contribution in [0.2, 0.25) is 5.04 Å². The van der Waals surface area contributed by atoms with Gasteiger partial charge in [-0.25, -0.2) is 4.79 Å². The van der Waals surface area contributed by atoms with E-state index in [-0.39, 0.29) is 23.2 Å². The van der Waals surface area contributed by atoms with Gasteiger partial charge in [0, 0.05) is 31.9 Å². The van der Waals surface area contributed by atoms with Crippen molar-refractivity contribution in [1.29, 1.82) is 0 Å². The first-order valence-corrected chi connectivity index (χ1v) is 16.3. The number of urea groups is 1. The Bertz CT molecular complexity index is 1240. The molecule has 1 aliphatic carbocycles. The lowest BCUT2D eigenvalue weighted by Crippen LogP contribution is -2.67. The largest absolute Gasteiger partial charge is 0.403 e. The zero-order chi connectivity index (χ0) is 27.6. The summed E-state index contributed by atoms with van der Waals surface area (Å²) in [6, 6.07) is 28.1. The summed E-state index contributed by atoms with van der Waals surface area (Å²) in [5.74, 6) is 0. The minimum Gasteiger partial charge on any atom is -0.403 e. The summed E-state index contributed by atoms with van der Waals surface area (Å²) in [5, 5.41) is 2.48. The molecule has 0 bridgehead atoms. The van der Waals surface area contributed by atoms with E-state index in [0.717, 1.165) is 44.3 Å². The zero-order valence-corrected chi connectivity index (χ0v) is 24.9. The van der Waals surface area contributed by atoms with E-state index in [4.69, 9.17) is 10.2 Å². The molecule has 1 saturated heterocycles. The Morgan fingerprint density at radius 2 is 1.49 bits per heavy atom. The van der Waals surface area contributed by atoms with Gasteiger partial charge in [0.05, 0.1) is 6.10 Å². The highest BCUT2D eigenvalue weighted by Crippen LogP contribution is 2.38. The summed E-state index contributed by atoms with van der Waals surface area (Å²) in [4.78, 5) is 17.7. The van der Waals surface area contributed by atoms with Crippen LogP contribution in [0.5, 0.6) is 0 Å². The van der Waals surface area contributed by atoms with E-state index >= 15 is 0 Å². The Balaban J connectivity index is 1.32. The second kappa shape index (κ2) is 11.2. The lowest BCUT2D eigenvalue weighted by atomic mass is 10.0. The number of nitrogens with two attached hydrogens (primary N) is 1. The number of aryl methyl sites for hydroxylation is 2. The maximum Gasteiger partial charge on any atom is 0.320 e. The minimum absolute atomic E-state index is 0.00928. The molecule has 0 saturated carbocycles. The van der Waals surface area contributed by atoms with Crippen molar-refractivity contribution in [3.05, 3.63) is 90.0 Å². The fraction of sp³-hybridized carbons (Fsp3) is 0.424. The molecule has 1 aliphatic heterocycles. The first-order chi connectivity index (χ1) is 18.7. The SMILES string of the molecule is CN(C(=O)N1CC[C@@H](O[Si](c2ccccc2)(c2ccccc2)C(C)(C)C)C1)C1CCc2ccc(N)cc2CC1. The minimum atomic E-state index is -2.65. The quantitative estimate of drug-likeness (QED) is 0.274. The van der Waals surface area contributed by atoms with Gasteiger partial charge in [-0.05, 0) is 70.8 Å². The molecule has 3 aromatic carbocycles. The molecule has 1 fully saturated rings. The second-order valence-corrected chi connectivity index (χ2v) is 16.5. The Labute approximate surface area is 235 Å². The van der Waals surface area contributed by atoms with Gasteiger partial charge in [-0.1, -0.05) is 87.5 Å². The van der Waals surface area contributed by atoms with Crippen LogP contribution >= 0.6 is 0 Å². The number of hydrogen-bond acceptors (Lipinski definition) is 3. The molecule has 2 aliphatic rings. The molecule has 2 atom stereocenters. The third-order valence-corrected chi connectivity index (χ3v) is 13.8. The number of fused-ring (bicyclic) bond motifs is 1. The van der Waals surface area contributed by atoms with Gasteiger partial charge in [0.15, 0.2) is 0 Å². The lowest BCUT2D eigenvalue weighted by Gasteiger charge is -2.44. The smallest absolute Gasteiger partial charge is 0.320 e. The van der Waals surface area contributed by atoms with Crippen molar-refractivity contribution in [2.45, 2.75) is 70.1 Å². The van der Waals surface area contributed by atoms with Gasteiger partial charge >= 0.3 is 6.03 Å². The number of nitrogen functional groups attached to an aromatic ring is 1. The first-order valence-electron chi connectivity index (χ1n) is 14.4. The van der Waals surface area contributed by atoms with Gasteiger partial charge in [-0.3, -0.25) is 0 Å². The zero-order valence-electron chi connectivity index (χ0n) is 23.9. The van der Waals surface area contributed by atoms with E-state index < -0.39 is 8.32 Å². The van der Waals surface area contributed by atoms with Crippen LogP contribution in [0.25, 0.3) is 0 Å². The third kappa shape index (κ3) is 5.50. The second-order valence-electron chi connectivity index (χ2n) is 12.3. The molecule has 5 rings (SSSR count). The monoisotopic (exact) mass is 541 g/mol. The maximum atomic E-state index is 13.7. The number of benzene rings is 3. The molecular weight excluding hydrogens is 498 g/mol. The molecule has 1 heterocycles. The van der Waals surface area contributed by atoms with Crippen molar-refractivity contribution in [1.82, 2.24) is 9.80 Å². The molecule has 0 aromatic heterocycles. The number of likely N-dealkylation sites (tertiary alicyclic amines) is 1. The highest BCUT2D eigenvalue weighted by atomic mass is 28.4. The maximum absolute atomic E-state index is 13.7. The molecule has 2 amide bonds. The van der Waals surface area contributed by atoms with Crippen LogP contribution in [0.15, 0.2) is 78.9 Å². The molecule has 0 spiro atoms. The van der Waals surface area contributed by atoms with Gasteiger partial charge in [-0.2, -0.15) is 0 Å². The van der Waals surface area contributed by atoms with Gasteiger partial charge in [0.25, 0.3) is 8.32 Å². The van der Waals surface area contributed by atoms with Crippen LogP contribution in [-0.4, -0.2) is 56.4 Å². The Kier molecular flexibility index (Phi) is 7.88. The van der Waals surface area contributed by atoms with Crippen molar-refractivity contribution < 1.29 is 9.22 Å². The fourth-order valence-electron chi connectivity index (χ4n) is 6.62. The fourth-order valence-corrected chi connectivity index (χ4v) is 11.3.